The van der Waals surface area contributed by atoms with Gasteiger partial charge < -0.3 is 9.15 Å². The maximum Gasteiger partial charge on any atom is 0.358 e. The van der Waals surface area contributed by atoms with E-state index in [0.717, 1.165) is 5.69 Å². The average Bonchev–Trinajstić information content (AvgIpc) is 2.98. The van der Waals surface area contributed by atoms with Gasteiger partial charge in [-0.05, 0) is 32.9 Å². The number of carbonyl (C=O) groups is 1. The summed E-state index contributed by atoms with van der Waals surface area (Å²) in [4.78, 5) is 11.7. The molecule has 0 saturated carbocycles. The van der Waals surface area contributed by atoms with Gasteiger partial charge in [0.25, 0.3) is 0 Å². The van der Waals surface area contributed by atoms with E-state index in [2.05, 4.69) is 5.10 Å². The third-order valence-corrected chi connectivity index (χ3v) is 2.48. The molecule has 0 aliphatic carbocycles. The smallest absolute Gasteiger partial charge is 0.358 e. The zero-order valence-corrected chi connectivity index (χ0v) is 10.7. The normalized spacial score (nSPS) is 10.9. The van der Waals surface area contributed by atoms with Gasteiger partial charge in [0.05, 0.1) is 12.9 Å². The highest BCUT2D eigenvalue weighted by Crippen LogP contribution is 2.24. The summed E-state index contributed by atoms with van der Waals surface area (Å²) in [7, 11) is 0. The lowest BCUT2D eigenvalue weighted by Gasteiger charge is -2.08. The van der Waals surface area contributed by atoms with Gasteiger partial charge in [0.1, 0.15) is 5.69 Å². The Kier molecular flexibility index (Phi) is 3.50. The Morgan fingerprint density at radius 1 is 1.56 bits per heavy atom. The van der Waals surface area contributed by atoms with Gasteiger partial charge >= 0.3 is 5.97 Å². The molecule has 5 heteroatoms. The summed E-state index contributed by atoms with van der Waals surface area (Å²) in [6.07, 6.45) is 1.59. The van der Waals surface area contributed by atoms with Crippen molar-refractivity contribution in [2.24, 2.45) is 0 Å². The van der Waals surface area contributed by atoms with Crippen LogP contribution in [0.15, 0.2) is 28.9 Å². The molecule has 0 aliphatic rings. The molecule has 96 valence electrons. The van der Waals surface area contributed by atoms with Crippen LogP contribution in [0.4, 0.5) is 0 Å². The van der Waals surface area contributed by atoms with Crippen LogP contribution in [0.3, 0.4) is 0 Å². The van der Waals surface area contributed by atoms with Crippen molar-refractivity contribution in [3.05, 3.63) is 30.2 Å². The molecule has 0 bridgehead atoms. The fourth-order valence-corrected chi connectivity index (χ4v) is 1.70. The molecular formula is C13H16N2O3. The summed E-state index contributed by atoms with van der Waals surface area (Å²) in [6.45, 7) is 6.09. The number of ether oxygens (including phenoxy) is 1. The van der Waals surface area contributed by atoms with Crippen molar-refractivity contribution in [1.82, 2.24) is 9.78 Å². The SMILES string of the molecule is CCOC(=O)c1cc(-c2ccco2)n(C(C)C)n1. The summed E-state index contributed by atoms with van der Waals surface area (Å²) in [5, 5.41) is 4.27. The number of aromatic nitrogens is 2. The summed E-state index contributed by atoms with van der Waals surface area (Å²) in [5.74, 6) is 0.274. The summed E-state index contributed by atoms with van der Waals surface area (Å²) < 4.78 is 12.1. The van der Waals surface area contributed by atoms with Gasteiger partial charge in [0.2, 0.25) is 0 Å². The molecule has 0 spiro atoms. The quantitative estimate of drug-likeness (QED) is 0.780. The van der Waals surface area contributed by atoms with Crippen molar-refractivity contribution in [3.8, 4) is 11.5 Å². The first-order valence-electron chi connectivity index (χ1n) is 5.94. The lowest BCUT2D eigenvalue weighted by Crippen LogP contribution is -2.09. The highest BCUT2D eigenvalue weighted by molar-refractivity contribution is 5.88. The van der Waals surface area contributed by atoms with Gasteiger partial charge in [-0.15, -0.1) is 0 Å². The number of nitrogens with zero attached hydrogens (tertiary/aromatic N) is 2. The van der Waals surface area contributed by atoms with Gasteiger partial charge in [0.15, 0.2) is 11.5 Å². The largest absolute Gasteiger partial charge is 0.463 e. The number of furan rings is 1. The first-order chi connectivity index (χ1) is 8.63. The zero-order valence-electron chi connectivity index (χ0n) is 10.7. The predicted molar refractivity (Wildman–Crippen MR) is 66.3 cm³/mol. The highest BCUT2D eigenvalue weighted by Gasteiger charge is 2.19. The number of rotatable bonds is 4. The Morgan fingerprint density at radius 2 is 2.33 bits per heavy atom. The van der Waals surface area contributed by atoms with Gasteiger partial charge in [-0.2, -0.15) is 5.10 Å². The summed E-state index contributed by atoms with van der Waals surface area (Å²) >= 11 is 0. The van der Waals surface area contributed by atoms with Crippen LogP contribution in [0.1, 0.15) is 37.3 Å². The van der Waals surface area contributed by atoms with Crippen LogP contribution in [0.25, 0.3) is 11.5 Å². The molecule has 0 unspecified atom stereocenters. The average molecular weight is 248 g/mol. The van der Waals surface area contributed by atoms with Crippen LogP contribution in [-0.2, 0) is 4.74 Å². The fourth-order valence-electron chi connectivity index (χ4n) is 1.70. The first-order valence-corrected chi connectivity index (χ1v) is 5.94. The predicted octanol–water partition coefficient (Wildman–Crippen LogP) is 2.90. The third kappa shape index (κ3) is 2.30. The van der Waals surface area contributed by atoms with E-state index in [1.807, 2.05) is 19.9 Å². The van der Waals surface area contributed by atoms with Crippen molar-refractivity contribution < 1.29 is 13.9 Å². The van der Waals surface area contributed by atoms with Crippen molar-refractivity contribution in [1.29, 1.82) is 0 Å². The standard InChI is InChI=1S/C13H16N2O3/c1-4-17-13(16)10-8-11(12-6-5-7-18-12)15(14-10)9(2)3/h5-9H,4H2,1-3H3. The molecule has 0 fully saturated rings. The van der Waals surface area contributed by atoms with E-state index in [-0.39, 0.29) is 6.04 Å². The number of hydrogen-bond donors (Lipinski definition) is 0. The second-order valence-corrected chi connectivity index (χ2v) is 4.15. The minimum Gasteiger partial charge on any atom is -0.463 e. The minimum atomic E-state index is -0.412. The molecule has 0 aliphatic heterocycles. The molecule has 0 amide bonds. The molecule has 0 saturated heterocycles. The van der Waals surface area contributed by atoms with Gasteiger partial charge in [-0.25, -0.2) is 4.79 Å². The molecule has 2 rings (SSSR count). The Hall–Kier alpha value is -2.04. The minimum absolute atomic E-state index is 0.133. The Morgan fingerprint density at radius 3 is 2.89 bits per heavy atom. The molecule has 0 radical (unpaired) electrons. The Balaban J connectivity index is 2.42. The Labute approximate surface area is 105 Å². The van der Waals surface area contributed by atoms with Crippen LogP contribution in [0.5, 0.6) is 0 Å². The summed E-state index contributed by atoms with van der Waals surface area (Å²) in [6, 6.07) is 5.46. The second kappa shape index (κ2) is 5.08. The highest BCUT2D eigenvalue weighted by atomic mass is 16.5. The molecule has 2 heterocycles. The zero-order chi connectivity index (χ0) is 13.1. The molecule has 0 aromatic carbocycles. The lowest BCUT2D eigenvalue weighted by atomic mass is 10.2. The molecule has 2 aromatic rings. The van der Waals surface area contributed by atoms with Gasteiger partial charge in [-0.1, -0.05) is 0 Å². The van der Waals surface area contributed by atoms with E-state index in [9.17, 15) is 4.79 Å². The van der Waals surface area contributed by atoms with E-state index in [1.54, 1.807) is 30.0 Å². The van der Waals surface area contributed by atoms with E-state index >= 15 is 0 Å². The molecule has 0 N–H and O–H groups in total. The van der Waals surface area contributed by atoms with Crippen LogP contribution < -0.4 is 0 Å². The van der Waals surface area contributed by atoms with E-state index < -0.39 is 5.97 Å². The monoisotopic (exact) mass is 248 g/mol. The van der Waals surface area contributed by atoms with Crippen molar-refractivity contribution >= 4 is 5.97 Å². The fraction of sp³-hybridized carbons (Fsp3) is 0.385. The van der Waals surface area contributed by atoms with Gasteiger partial charge in [0, 0.05) is 12.1 Å². The van der Waals surface area contributed by atoms with Crippen LogP contribution >= 0.6 is 0 Å². The van der Waals surface area contributed by atoms with Gasteiger partial charge in [-0.3, -0.25) is 4.68 Å². The van der Waals surface area contributed by atoms with E-state index in [0.29, 0.717) is 18.1 Å². The van der Waals surface area contributed by atoms with Crippen molar-refractivity contribution in [2.45, 2.75) is 26.8 Å². The second-order valence-electron chi connectivity index (χ2n) is 4.15. The molecule has 18 heavy (non-hydrogen) atoms. The molecule has 0 atom stereocenters. The van der Waals surface area contributed by atoms with E-state index in [4.69, 9.17) is 9.15 Å². The number of esters is 1. The first kappa shape index (κ1) is 12.4. The van der Waals surface area contributed by atoms with E-state index in [1.165, 1.54) is 0 Å². The van der Waals surface area contributed by atoms with Crippen molar-refractivity contribution in [2.75, 3.05) is 6.61 Å². The Bertz CT molecular complexity index is 526. The van der Waals surface area contributed by atoms with Crippen LogP contribution in [0.2, 0.25) is 0 Å². The topological polar surface area (TPSA) is 57.3 Å². The summed E-state index contributed by atoms with van der Waals surface area (Å²) in [5.41, 5.74) is 1.08. The molecule has 5 nitrogen and oxygen atoms in total. The third-order valence-electron chi connectivity index (χ3n) is 2.48. The maximum atomic E-state index is 11.7. The molecular weight excluding hydrogens is 232 g/mol. The van der Waals surface area contributed by atoms with Crippen LogP contribution in [-0.4, -0.2) is 22.4 Å². The number of hydrogen-bond acceptors (Lipinski definition) is 4. The number of carbonyl (C=O) groups excluding carboxylic acids is 1. The van der Waals surface area contributed by atoms with Crippen LogP contribution in [0, 0.1) is 0 Å². The molecule has 2 aromatic heterocycles. The maximum absolute atomic E-state index is 11.7. The van der Waals surface area contributed by atoms with Crippen molar-refractivity contribution in [3.63, 3.8) is 0 Å². The lowest BCUT2D eigenvalue weighted by molar-refractivity contribution is 0.0518.